The maximum absolute atomic E-state index is 13.4. The monoisotopic (exact) mass is 439 g/mol. The van der Waals surface area contributed by atoms with Crippen LogP contribution in [0.25, 0.3) is 0 Å². The van der Waals surface area contributed by atoms with Gasteiger partial charge in [-0.3, -0.25) is 14.4 Å². The average molecular weight is 439 g/mol. The van der Waals surface area contributed by atoms with Gasteiger partial charge in [-0.25, -0.2) is 0 Å². The Morgan fingerprint density at radius 1 is 1.10 bits per heavy atom. The van der Waals surface area contributed by atoms with Crippen LogP contribution < -0.4 is 0 Å². The van der Waals surface area contributed by atoms with Gasteiger partial charge in [0.1, 0.15) is 0 Å². The van der Waals surface area contributed by atoms with Gasteiger partial charge in [0, 0.05) is 40.7 Å². The number of likely N-dealkylation sites (tertiary alicyclic amines) is 2. The van der Waals surface area contributed by atoms with E-state index in [1.807, 2.05) is 0 Å². The Bertz CT molecular complexity index is 839. The van der Waals surface area contributed by atoms with E-state index in [1.54, 1.807) is 26.0 Å². The number of piperidine rings is 2. The van der Waals surface area contributed by atoms with Crippen LogP contribution in [0.3, 0.4) is 0 Å². The number of carbonyl (C=O) groups is 3. The van der Waals surface area contributed by atoms with Crippen LogP contribution in [0.15, 0.2) is 24.3 Å². The molecule has 0 aromatic heterocycles. The summed E-state index contributed by atoms with van der Waals surface area (Å²) in [4.78, 5) is 42.8. The maximum Gasteiger partial charge on any atom is 0.416 e. The van der Waals surface area contributed by atoms with Gasteiger partial charge < -0.3 is 14.7 Å². The Morgan fingerprint density at radius 3 is 2.32 bits per heavy atom. The molecule has 3 rings (SSSR count). The predicted molar refractivity (Wildman–Crippen MR) is 108 cm³/mol. The third kappa shape index (κ3) is 4.85. The molecule has 31 heavy (non-hydrogen) atoms. The highest BCUT2D eigenvalue weighted by atomic mass is 19.4. The molecule has 2 fully saturated rings. The third-order valence-electron chi connectivity index (χ3n) is 6.28. The number of halogens is 3. The summed E-state index contributed by atoms with van der Waals surface area (Å²) in [7, 11) is 4.95. The van der Waals surface area contributed by atoms with Crippen molar-refractivity contribution in [2.24, 2.45) is 11.8 Å². The molecule has 170 valence electrons. The van der Waals surface area contributed by atoms with Crippen molar-refractivity contribution in [3.05, 3.63) is 35.4 Å². The fourth-order valence-corrected chi connectivity index (χ4v) is 4.60. The van der Waals surface area contributed by atoms with Gasteiger partial charge in [-0.1, -0.05) is 12.1 Å². The van der Waals surface area contributed by atoms with Gasteiger partial charge in [0.15, 0.2) is 0 Å². The van der Waals surface area contributed by atoms with Crippen LogP contribution in [0.1, 0.15) is 42.9 Å². The molecule has 3 atom stereocenters. The van der Waals surface area contributed by atoms with E-state index in [2.05, 4.69) is 0 Å². The molecule has 0 aliphatic carbocycles. The van der Waals surface area contributed by atoms with Crippen molar-refractivity contribution in [1.82, 2.24) is 14.7 Å². The zero-order valence-electron chi connectivity index (χ0n) is 18.0. The van der Waals surface area contributed by atoms with E-state index in [9.17, 15) is 27.6 Å². The van der Waals surface area contributed by atoms with Gasteiger partial charge in [0.2, 0.25) is 17.7 Å². The molecule has 0 bridgehead atoms. The van der Waals surface area contributed by atoms with Crippen LogP contribution in [-0.2, 0) is 20.6 Å². The molecule has 3 unspecified atom stereocenters. The van der Waals surface area contributed by atoms with Crippen molar-refractivity contribution < 1.29 is 27.6 Å². The van der Waals surface area contributed by atoms with Gasteiger partial charge in [-0.05, 0) is 37.0 Å². The van der Waals surface area contributed by atoms with Crippen molar-refractivity contribution in [1.29, 1.82) is 0 Å². The molecule has 1 aromatic rings. The highest BCUT2D eigenvalue weighted by Crippen LogP contribution is 2.39. The summed E-state index contributed by atoms with van der Waals surface area (Å²) in [5.41, 5.74) is -0.273. The van der Waals surface area contributed by atoms with Gasteiger partial charge in [0.05, 0.1) is 23.4 Å². The summed E-state index contributed by atoms with van der Waals surface area (Å²) in [6.07, 6.45) is -2.49. The number of hydrogen-bond acceptors (Lipinski definition) is 3. The summed E-state index contributed by atoms with van der Waals surface area (Å²) < 4.78 is 38.9. The van der Waals surface area contributed by atoms with E-state index in [0.29, 0.717) is 37.9 Å². The summed E-state index contributed by atoms with van der Waals surface area (Å²) >= 11 is 0. The SMILES string of the molecule is CN(C)C(=O)C1CCCN(C(=O)C2CCC(=O)N(C)C2c2ccc(C(F)(F)F)cc2)C1. The lowest BCUT2D eigenvalue weighted by Crippen LogP contribution is -2.51. The van der Waals surface area contributed by atoms with E-state index < -0.39 is 23.7 Å². The second kappa shape index (κ2) is 8.88. The van der Waals surface area contributed by atoms with Crippen molar-refractivity contribution >= 4 is 17.7 Å². The number of nitrogens with zero attached hydrogens (tertiary/aromatic N) is 3. The van der Waals surface area contributed by atoms with Crippen molar-refractivity contribution in [2.75, 3.05) is 34.2 Å². The first-order valence-corrected chi connectivity index (χ1v) is 10.4. The quantitative estimate of drug-likeness (QED) is 0.728. The van der Waals surface area contributed by atoms with Crippen LogP contribution in [0.4, 0.5) is 13.2 Å². The fourth-order valence-electron chi connectivity index (χ4n) is 4.60. The highest BCUT2D eigenvalue weighted by Gasteiger charge is 2.42. The minimum absolute atomic E-state index is 0.0206. The van der Waals surface area contributed by atoms with Crippen LogP contribution in [0.5, 0.6) is 0 Å². The summed E-state index contributed by atoms with van der Waals surface area (Å²) in [6.45, 7) is 0.855. The molecular weight excluding hydrogens is 411 g/mol. The molecule has 0 saturated carbocycles. The van der Waals surface area contributed by atoms with Gasteiger partial charge in [-0.2, -0.15) is 13.2 Å². The molecule has 0 spiro atoms. The molecule has 2 heterocycles. The second-order valence-electron chi connectivity index (χ2n) is 8.57. The minimum Gasteiger partial charge on any atom is -0.349 e. The molecular formula is C22H28F3N3O3. The Labute approximate surface area is 180 Å². The second-order valence-corrected chi connectivity index (χ2v) is 8.57. The van der Waals surface area contributed by atoms with Crippen LogP contribution in [0, 0.1) is 11.8 Å². The number of rotatable bonds is 3. The van der Waals surface area contributed by atoms with Crippen LogP contribution >= 0.6 is 0 Å². The predicted octanol–water partition coefficient (Wildman–Crippen LogP) is 2.94. The summed E-state index contributed by atoms with van der Waals surface area (Å²) in [5, 5.41) is 0. The van der Waals surface area contributed by atoms with Gasteiger partial charge in [0.25, 0.3) is 0 Å². The first kappa shape index (κ1) is 23.1. The molecule has 6 nitrogen and oxygen atoms in total. The zero-order valence-corrected chi connectivity index (χ0v) is 18.0. The van der Waals surface area contributed by atoms with E-state index in [1.165, 1.54) is 21.9 Å². The lowest BCUT2D eigenvalue weighted by Gasteiger charge is -2.42. The standard InChI is InChI=1S/C22H28F3N3O3/c1-26(2)20(30)15-5-4-12-28(13-15)21(31)17-10-11-18(29)27(3)19(17)14-6-8-16(9-7-14)22(23,24)25/h6-9,15,17,19H,4-5,10-13H2,1-3H3. The summed E-state index contributed by atoms with van der Waals surface area (Å²) in [5.74, 6) is -1.14. The van der Waals surface area contributed by atoms with Crippen LogP contribution in [0.2, 0.25) is 0 Å². The van der Waals surface area contributed by atoms with Crippen molar-refractivity contribution in [3.8, 4) is 0 Å². The first-order valence-electron chi connectivity index (χ1n) is 10.4. The van der Waals surface area contributed by atoms with Gasteiger partial charge >= 0.3 is 6.18 Å². The van der Waals surface area contributed by atoms with E-state index in [-0.39, 0.29) is 30.1 Å². The molecule has 3 amide bonds. The zero-order chi connectivity index (χ0) is 22.9. The largest absolute Gasteiger partial charge is 0.416 e. The Hall–Kier alpha value is -2.58. The molecule has 1 aromatic carbocycles. The molecule has 0 radical (unpaired) electrons. The average Bonchev–Trinajstić information content (AvgIpc) is 2.74. The molecule has 2 aliphatic heterocycles. The third-order valence-corrected chi connectivity index (χ3v) is 6.28. The van der Waals surface area contributed by atoms with Crippen molar-refractivity contribution in [2.45, 2.75) is 37.9 Å². The number of hydrogen-bond donors (Lipinski definition) is 0. The number of carbonyl (C=O) groups excluding carboxylic acids is 3. The lowest BCUT2D eigenvalue weighted by molar-refractivity contribution is -0.149. The Morgan fingerprint density at radius 2 is 1.74 bits per heavy atom. The number of amides is 3. The van der Waals surface area contributed by atoms with E-state index >= 15 is 0 Å². The Balaban J connectivity index is 1.84. The lowest BCUT2D eigenvalue weighted by atomic mass is 9.82. The molecule has 9 heteroatoms. The highest BCUT2D eigenvalue weighted by molar-refractivity contribution is 5.86. The fraction of sp³-hybridized carbons (Fsp3) is 0.591. The number of benzene rings is 1. The summed E-state index contributed by atoms with van der Waals surface area (Å²) in [6, 6.07) is 4.02. The Kier molecular flexibility index (Phi) is 6.62. The minimum atomic E-state index is -4.45. The van der Waals surface area contributed by atoms with Gasteiger partial charge in [-0.15, -0.1) is 0 Å². The molecule has 0 N–H and O–H groups in total. The molecule has 2 saturated heterocycles. The number of alkyl halides is 3. The molecule has 2 aliphatic rings. The topological polar surface area (TPSA) is 60.9 Å². The first-order chi connectivity index (χ1) is 14.5. The van der Waals surface area contributed by atoms with E-state index in [4.69, 9.17) is 0 Å². The van der Waals surface area contributed by atoms with Crippen molar-refractivity contribution in [3.63, 3.8) is 0 Å². The smallest absolute Gasteiger partial charge is 0.349 e. The maximum atomic E-state index is 13.4. The normalized spacial score (nSPS) is 24.8. The van der Waals surface area contributed by atoms with Crippen LogP contribution in [-0.4, -0.2) is 66.7 Å². The van der Waals surface area contributed by atoms with E-state index in [0.717, 1.165) is 12.1 Å².